The maximum absolute atomic E-state index is 13.4. The number of likely N-dealkylation sites (tertiary alicyclic amines) is 1. The first-order valence-corrected chi connectivity index (χ1v) is 9.91. The number of aliphatic hydroxyl groups excluding tert-OH is 1. The summed E-state index contributed by atoms with van der Waals surface area (Å²) in [6.45, 7) is 2.58. The van der Waals surface area contributed by atoms with Gasteiger partial charge in [-0.2, -0.15) is 0 Å². The Balaban J connectivity index is 1.74. The first kappa shape index (κ1) is 19.0. The number of benzene rings is 2. The van der Waals surface area contributed by atoms with Gasteiger partial charge in [-0.25, -0.2) is 9.07 Å². The zero-order valence-corrected chi connectivity index (χ0v) is 16.4. The normalized spacial score (nSPS) is 17.7. The number of aliphatic hydroxyl groups is 1. The molecule has 1 fully saturated rings. The second-order valence-electron chi connectivity index (χ2n) is 7.19. The van der Waals surface area contributed by atoms with E-state index in [0.717, 1.165) is 43.0 Å². The van der Waals surface area contributed by atoms with Crippen molar-refractivity contribution in [3.63, 3.8) is 0 Å². The van der Waals surface area contributed by atoms with E-state index in [1.807, 2.05) is 39.6 Å². The Morgan fingerprint density at radius 1 is 1.11 bits per heavy atom. The molecule has 0 saturated carbocycles. The van der Waals surface area contributed by atoms with Crippen LogP contribution in [-0.4, -0.2) is 44.1 Å². The predicted octanol–water partition coefficient (Wildman–Crippen LogP) is 3.87. The molecule has 0 aliphatic carbocycles. The summed E-state index contributed by atoms with van der Waals surface area (Å²) in [6, 6.07) is 16.2. The molecule has 1 N–H and O–H groups in total. The zero-order chi connectivity index (χ0) is 19.5. The highest BCUT2D eigenvalue weighted by atomic mass is 32.1. The number of piperidine rings is 1. The van der Waals surface area contributed by atoms with Gasteiger partial charge >= 0.3 is 0 Å². The summed E-state index contributed by atoms with van der Waals surface area (Å²) in [5.41, 5.74) is 1.73. The number of rotatable bonds is 5. The Labute approximate surface area is 168 Å². The van der Waals surface area contributed by atoms with Crippen molar-refractivity contribution >= 4 is 12.2 Å². The molecule has 0 radical (unpaired) electrons. The van der Waals surface area contributed by atoms with Crippen LogP contribution < -0.4 is 0 Å². The summed E-state index contributed by atoms with van der Waals surface area (Å²) in [7, 11) is 0. The Bertz CT molecular complexity index is 984. The highest BCUT2D eigenvalue weighted by molar-refractivity contribution is 7.71. The molecule has 1 atom stereocenters. The van der Waals surface area contributed by atoms with Gasteiger partial charge in [-0.15, -0.1) is 5.10 Å². The molecule has 1 aliphatic rings. The van der Waals surface area contributed by atoms with E-state index in [1.165, 1.54) is 12.1 Å². The maximum atomic E-state index is 13.4. The molecule has 7 heteroatoms. The Morgan fingerprint density at radius 2 is 1.86 bits per heavy atom. The standard InChI is InChI=1S/C21H23FN4OS/c22-18-8-10-19(11-9-18)26-20(17-6-2-1-3-7-17)23-25(21(26)28)15-24-12-4-5-16(13-24)14-27/h1-3,6-11,16,27H,4-5,12-15H2. The number of nitrogens with zero attached hydrogens (tertiary/aromatic N) is 4. The maximum Gasteiger partial charge on any atom is 0.204 e. The van der Waals surface area contributed by atoms with Crippen LogP contribution in [0.5, 0.6) is 0 Å². The van der Waals surface area contributed by atoms with Crippen molar-refractivity contribution in [3.8, 4) is 17.1 Å². The molecule has 28 heavy (non-hydrogen) atoms. The number of aromatic nitrogens is 3. The molecule has 0 bridgehead atoms. The molecule has 4 rings (SSSR count). The lowest BCUT2D eigenvalue weighted by Gasteiger charge is -2.31. The minimum Gasteiger partial charge on any atom is -0.396 e. The van der Waals surface area contributed by atoms with E-state index >= 15 is 0 Å². The monoisotopic (exact) mass is 398 g/mol. The molecule has 146 valence electrons. The van der Waals surface area contributed by atoms with Crippen LogP contribution >= 0.6 is 12.2 Å². The second kappa shape index (κ2) is 8.34. The van der Waals surface area contributed by atoms with Crippen molar-refractivity contribution in [2.75, 3.05) is 19.7 Å². The summed E-state index contributed by atoms with van der Waals surface area (Å²) in [5, 5.41) is 14.3. The van der Waals surface area contributed by atoms with Crippen LogP contribution in [0.25, 0.3) is 17.1 Å². The molecule has 0 amide bonds. The lowest BCUT2D eigenvalue weighted by atomic mass is 10.00. The summed E-state index contributed by atoms with van der Waals surface area (Å²) < 4.78 is 17.7. The SMILES string of the molecule is OCC1CCCN(Cn2nc(-c3ccccc3)n(-c3ccc(F)cc3)c2=S)C1. The number of hydrogen-bond acceptors (Lipinski definition) is 4. The first-order valence-electron chi connectivity index (χ1n) is 9.50. The molecule has 0 spiro atoms. The molecule has 3 aromatic rings. The Morgan fingerprint density at radius 3 is 2.57 bits per heavy atom. The predicted molar refractivity (Wildman–Crippen MR) is 109 cm³/mol. The summed E-state index contributed by atoms with van der Waals surface area (Å²) >= 11 is 5.75. The summed E-state index contributed by atoms with van der Waals surface area (Å²) in [4.78, 5) is 2.27. The summed E-state index contributed by atoms with van der Waals surface area (Å²) in [6.07, 6.45) is 2.11. The second-order valence-corrected chi connectivity index (χ2v) is 7.56. The van der Waals surface area contributed by atoms with Gasteiger partial charge in [0, 0.05) is 18.7 Å². The van der Waals surface area contributed by atoms with Crippen molar-refractivity contribution in [1.82, 2.24) is 19.2 Å². The van der Waals surface area contributed by atoms with Crippen LogP contribution in [-0.2, 0) is 6.67 Å². The molecule has 1 aliphatic heterocycles. The molecule has 1 aromatic heterocycles. The van der Waals surface area contributed by atoms with Crippen LogP contribution in [0.1, 0.15) is 12.8 Å². The molecule has 1 saturated heterocycles. The van der Waals surface area contributed by atoms with E-state index in [2.05, 4.69) is 4.90 Å². The van der Waals surface area contributed by atoms with Crippen molar-refractivity contribution in [1.29, 1.82) is 0 Å². The van der Waals surface area contributed by atoms with Crippen LogP contribution in [0, 0.1) is 16.5 Å². The molecular formula is C21H23FN4OS. The fourth-order valence-corrected chi connectivity index (χ4v) is 4.01. The van der Waals surface area contributed by atoms with E-state index in [-0.39, 0.29) is 12.4 Å². The van der Waals surface area contributed by atoms with Crippen molar-refractivity contribution in [2.24, 2.45) is 5.92 Å². The minimum atomic E-state index is -0.285. The highest BCUT2D eigenvalue weighted by Gasteiger charge is 2.21. The topological polar surface area (TPSA) is 46.2 Å². The third kappa shape index (κ3) is 3.92. The van der Waals surface area contributed by atoms with Crippen molar-refractivity contribution in [3.05, 3.63) is 65.2 Å². The van der Waals surface area contributed by atoms with Gasteiger partial charge in [0.1, 0.15) is 5.82 Å². The Hall–Kier alpha value is -2.35. The van der Waals surface area contributed by atoms with E-state index in [4.69, 9.17) is 17.3 Å². The molecule has 2 heterocycles. The third-order valence-corrected chi connectivity index (χ3v) is 5.54. The van der Waals surface area contributed by atoms with Gasteiger partial charge in [0.25, 0.3) is 0 Å². The zero-order valence-electron chi connectivity index (χ0n) is 15.5. The highest BCUT2D eigenvalue weighted by Crippen LogP contribution is 2.24. The fraction of sp³-hybridized carbons (Fsp3) is 0.333. The van der Waals surface area contributed by atoms with E-state index < -0.39 is 0 Å². The van der Waals surface area contributed by atoms with E-state index in [0.29, 0.717) is 17.4 Å². The molecule has 5 nitrogen and oxygen atoms in total. The number of hydrogen-bond donors (Lipinski definition) is 1. The minimum absolute atomic E-state index is 0.210. The fourth-order valence-electron chi connectivity index (χ4n) is 3.72. The smallest absolute Gasteiger partial charge is 0.204 e. The molecule has 1 unspecified atom stereocenters. The van der Waals surface area contributed by atoms with Gasteiger partial charge < -0.3 is 5.11 Å². The van der Waals surface area contributed by atoms with Gasteiger partial charge in [-0.3, -0.25) is 9.47 Å². The Kier molecular flexibility index (Phi) is 5.66. The quantitative estimate of drug-likeness (QED) is 0.663. The largest absolute Gasteiger partial charge is 0.396 e. The lowest BCUT2D eigenvalue weighted by Crippen LogP contribution is -2.38. The average Bonchev–Trinajstić information content (AvgIpc) is 3.05. The van der Waals surface area contributed by atoms with E-state index in [9.17, 15) is 9.50 Å². The molecular weight excluding hydrogens is 375 g/mol. The lowest BCUT2D eigenvalue weighted by molar-refractivity contribution is 0.0939. The van der Waals surface area contributed by atoms with Crippen LogP contribution in [0.3, 0.4) is 0 Å². The van der Waals surface area contributed by atoms with Gasteiger partial charge in [-0.05, 0) is 61.8 Å². The average molecular weight is 399 g/mol. The van der Waals surface area contributed by atoms with Crippen molar-refractivity contribution in [2.45, 2.75) is 19.5 Å². The van der Waals surface area contributed by atoms with Crippen molar-refractivity contribution < 1.29 is 9.50 Å². The van der Waals surface area contributed by atoms with Gasteiger partial charge in [-0.1, -0.05) is 30.3 Å². The van der Waals surface area contributed by atoms with E-state index in [1.54, 1.807) is 12.1 Å². The van der Waals surface area contributed by atoms with Gasteiger partial charge in [0.05, 0.1) is 12.4 Å². The molecule has 2 aromatic carbocycles. The van der Waals surface area contributed by atoms with Gasteiger partial charge in [0.15, 0.2) is 5.82 Å². The first-order chi connectivity index (χ1) is 13.7. The van der Waals surface area contributed by atoms with Crippen LogP contribution in [0.4, 0.5) is 4.39 Å². The van der Waals surface area contributed by atoms with Crippen LogP contribution in [0.15, 0.2) is 54.6 Å². The van der Waals surface area contributed by atoms with Gasteiger partial charge in [0.2, 0.25) is 4.77 Å². The third-order valence-electron chi connectivity index (χ3n) is 5.15. The summed E-state index contributed by atoms with van der Waals surface area (Å²) in [5.74, 6) is 0.746. The number of halogens is 1. The van der Waals surface area contributed by atoms with Crippen LogP contribution in [0.2, 0.25) is 0 Å².